The average molecular weight is 718 g/mol. The van der Waals surface area contributed by atoms with E-state index >= 15 is 0 Å². The van der Waals surface area contributed by atoms with Gasteiger partial charge in [-0.25, -0.2) is 9.59 Å². The first kappa shape index (κ1) is 39.6. The van der Waals surface area contributed by atoms with Crippen molar-refractivity contribution >= 4 is 51.0 Å². The molecule has 14 nitrogen and oxygen atoms in total. The van der Waals surface area contributed by atoms with E-state index in [-0.39, 0.29) is 43.2 Å². The predicted molar refractivity (Wildman–Crippen MR) is 204 cm³/mol. The topological polar surface area (TPSA) is 197 Å². The molecule has 4 aromatic rings. The van der Waals surface area contributed by atoms with Gasteiger partial charge >= 0.3 is 11.3 Å². The standard InChI is InChI=1S/C38H51N7O7/c1-5-43(6-2)27-14-12-25-21-29(37(49)51-32(25)23-27)34(46)41-17-19-45(36(48)31(40)11-9-10-16-39)20-18-42-35(47)30-22-26-13-15-28(44(7-3)8-4)24-33(26)52-38(30)50/h12-15,21-24,31H,5-11,16-20,39-40H2,1-4H3,(H,41,46)(H,42,47)/t31-/m0/s1. The summed E-state index contributed by atoms with van der Waals surface area (Å²) in [5, 5.41) is 6.59. The molecule has 0 fully saturated rings. The minimum atomic E-state index is -0.819. The lowest BCUT2D eigenvalue weighted by Gasteiger charge is -2.26. The molecular weight excluding hydrogens is 666 g/mol. The summed E-state index contributed by atoms with van der Waals surface area (Å²) in [6.45, 7) is 11.8. The smallest absolute Gasteiger partial charge is 0.349 e. The molecule has 14 heteroatoms. The average Bonchev–Trinajstić information content (AvgIpc) is 3.14. The molecule has 0 bridgehead atoms. The third kappa shape index (κ3) is 9.76. The molecule has 0 aliphatic carbocycles. The number of hydrogen-bond donors (Lipinski definition) is 4. The highest BCUT2D eigenvalue weighted by atomic mass is 16.4. The van der Waals surface area contributed by atoms with Gasteiger partial charge in [-0.05, 0) is 83.5 Å². The summed E-state index contributed by atoms with van der Waals surface area (Å²) in [5.41, 5.74) is 12.5. The van der Waals surface area contributed by atoms with E-state index in [1.807, 2.05) is 39.8 Å². The molecule has 6 N–H and O–H groups in total. The van der Waals surface area contributed by atoms with E-state index in [9.17, 15) is 24.0 Å². The fraction of sp³-hybridized carbons (Fsp3) is 0.447. The molecule has 0 saturated carbocycles. The Balaban J connectivity index is 1.42. The van der Waals surface area contributed by atoms with Gasteiger partial charge in [0, 0.05) is 86.6 Å². The van der Waals surface area contributed by atoms with Crippen molar-refractivity contribution in [3.8, 4) is 0 Å². The van der Waals surface area contributed by atoms with Crippen LogP contribution in [0.4, 0.5) is 11.4 Å². The molecule has 0 spiro atoms. The summed E-state index contributed by atoms with van der Waals surface area (Å²) >= 11 is 0. The highest BCUT2D eigenvalue weighted by molar-refractivity contribution is 5.98. The number of nitrogens with two attached hydrogens (primary N) is 2. The number of unbranched alkanes of at least 4 members (excludes halogenated alkanes) is 1. The Morgan fingerprint density at radius 2 is 1.13 bits per heavy atom. The van der Waals surface area contributed by atoms with E-state index in [2.05, 4.69) is 20.4 Å². The maximum absolute atomic E-state index is 13.4. The van der Waals surface area contributed by atoms with Crippen molar-refractivity contribution in [1.82, 2.24) is 15.5 Å². The van der Waals surface area contributed by atoms with E-state index in [1.165, 1.54) is 17.0 Å². The van der Waals surface area contributed by atoms with Crippen LogP contribution >= 0.6 is 0 Å². The molecule has 0 aliphatic heterocycles. The van der Waals surface area contributed by atoms with Gasteiger partial charge in [0.2, 0.25) is 5.91 Å². The zero-order valence-corrected chi connectivity index (χ0v) is 30.5. The number of nitrogens with one attached hydrogen (secondary N) is 2. The van der Waals surface area contributed by atoms with Crippen molar-refractivity contribution in [3.63, 3.8) is 0 Å². The van der Waals surface area contributed by atoms with Crippen LogP contribution in [0.25, 0.3) is 21.9 Å². The Morgan fingerprint density at radius 1 is 0.692 bits per heavy atom. The maximum Gasteiger partial charge on any atom is 0.349 e. The van der Waals surface area contributed by atoms with Gasteiger partial charge in [-0.1, -0.05) is 6.42 Å². The summed E-state index contributed by atoms with van der Waals surface area (Å²) in [6.07, 6.45) is 1.78. The number of amides is 3. The van der Waals surface area contributed by atoms with Crippen molar-refractivity contribution < 1.29 is 23.2 Å². The number of nitrogens with zero attached hydrogens (tertiary/aromatic N) is 3. The van der Waals surface area contributed by atoms with Crippen LogP contribution in [0.2, 0.25) is 0 Å². The molecule has 3 amide bonds. The number of carbonyl (C=O) groups excluding carboxylic acids is 3. The first-order valence-corrected chi connectivity index (χ1v) is 18.0. The van der Waals surface area contributed by atoms with Gasteiger partial charge in [-0.3, -0.25) is 14.4 Å². The minimum Gasteiger partial charge on any atom is -0.422 e. The Kier molecular flexibility index (Phi) is 14.4. The lowest BCUT2D eigenvalue weighted by Crippen LogP contribution is -2.49. The first-order chi connectivity index (χ1) is 25.0. The Labute approximate surface area is 303 Å². The van der Waals surface area contributed by atoms with Gasteiger partial charge in [-0.15, -0.1) is 0 Å². The predicted octanol–water partition coefficient (Wildman–Crippen LogP) is 3.04. The molecule has 4 rings (SSSR count). The molecular formula is C38H51N7O7. The van der Waals surface area contributed by atoms with Gasteiger partial charge < -0.3 is 45.6 Å². The molecule has 2 aromatic carbocycles. The first-order valence-electron chi connectivity index (χ1n) is 18.0. The fourth-order valence-electron chi connectivity index (χ4n) is 6.09. The van der Waals surface area contributed by atoms with Crippen molar-refractivity contribution in [2.45, 2.75) is 53.0 Å². The Hall–Kier alpha value is -5.21. The van der Waals surface area contributed by atoms with Gasteiger partial charge in [0.05, 0.1) is 6.04 Å². The van der Waals surface area contributed by atoms with Crippen molar-refractivity contribution in [2.75, 3.05) is 68.7 Å². The van der Waals surface area contributed by atoms with Crippen molar-refractivity contribution in [3.05, 3.63) is 80.5 Å². The second-order valence-electron chi connectivity index (χ2n) is 12.4. The van der Waals surface area contributed by atoms with Crippen molar-refractivity contribution in [1.29, 1.82) is 0 Å². The quantitative estimate of drug-likeness (QED) is 0.0822. The van der Waals surface area contributed by atoms with E-state index in [0.717, 1.165) is 37.6 Å². The third-order valence-corrected chi connectivity index (χ3v) is 9.12. The zero-order chi connectivity index (χ0) is 37.8. The number of carbonyl (C=O) groups is 3. The van der Waals surface area contributed by atoms with Gasteiger partial charge in [0.15, 0.2) is 0 Å². The third-order valence-electron chi connectivity index (χ3n) is 9.12. The van der Waals surface area contributed by atoms with Crippen molar-refractivity contribution in [2.24, 2.45) is 11.5 Å². The number of benzene rings is 2. The normalized spacial score (nSPS) is 11.7. The second kappa shape index (κ2) is 18.9. The second-order valence-corrected chi connectivity index (χ2v) is 12.4. The largest absolute Gasteiger partial charge is 0.422 e. The summed E-state index contributed by atoms with van der Waals surface area (Å²) in [7, 11) is 0. The van der Waals surface area contributed by atoms with Crippen LogP contribution in [0.1, 0.15) is 67.7 Å². The molecule has 1 atom stereocenters. The lowest BCUT2D eigenvalue weighted by atomic mass is 10.1. The maximum atomic E-state index is 13.4. The summed E-state index contributed by atoms with van der Waals surface area (Å²) in [4.78, 5) is 70.8. The van der Waals surface area contributed by atoms with Gasteiger partial charge in [0.1, 0.15) is 22.3 Å². The SMILES string of the molecule is CCN(CC)c1ccc2cc(C(=O)NCCN(CCNC(=O)c3cc4ccc(N(CC)CC)cc4oc3=O)C(=O)[C@@H](N)CCCCN)c(=O)oc2c1. The van der Waals surface area contributed by atoms with Gasteiger partial charge in [-0.2, -0.15) is 0 Å². The number of fused-ring (bicyclic) bond motifs is 2. The summed E-state index contributed by atoms with van der Waals surface area (Å²) < 4.78 is 11.0. The lowest BCUT2D eigenvalue weighted by molar-refractivity contribution is -0.132. The van der Waals surface area contributed by atoms with E-state index < -0.39 is 29.1 Å². The highest BCUT2D eigenvalue weighted by Crippen LogP contribution is 2.23. The van der Waals surface area contributed by atoms with Crippen LogP contribution in [0, 0.1) is 0 Å². The van der Waals surface area contributed by atoms with E-state index in [1.54, 1.807) is 24.3 Å². The molecule has 0 aliphatic rings. The summed E-state index contributed by atoms with van der Waals surface area (Å²) in [5.74, 6) is -1.67. The zero-order valence-electron chi connectivity index (χ0n) is 30.5. The summed E-state index contributed by atoms with van der Waals surface area (Å²) in [6, 6.07) is 13.1. The highest BCUT2D eigenvalue weighted by Gasteiger charge is 2.22. The van der Waals surface area contributed by atoms with Crippen LogP contribution in [0.5, 0.6) is 0 Å². The van der Waals surface area contributed by atoms with Crippen LogP contribution in [0.15, 0.2) is 67.0 Å². The molecule has 0 radical (unpaired) electrons. The van der Waals surface area contributed by atoms with Crippen LogP contribution in [-0.2, 0) is 4.79 Å². The number of anilines is 2. The van der Waals surface area contributed by atoms with Crippen LogP contribution in [-0.4, -0.2) is 87.6 Å². The molecule has 0 saturated heterocycles. The van der Waals surface area contributed by atoms with Crippen LogP contribution in [0.3, 0.4) is 0 Å². The molecule has 0 unspecified atom stereocenters. The van der Waals surface area contributed by atoms with E-state index in [0.29, 0.717) is 47.7 Å². The minimum absolute atomic E-state index is 0.00381. The fourth-order valence-corrected chi connectivity index (χ4v) is 6.09. The number of hydrogen-bond acceptors (Lipinski definition) is 11. The molecule has 280 valence electrons. The van der Waals surface area contributed by atoms with Crippen LogP contribution < -0.4 is 43.2 Å². The number of rotatable bonds is 19. The molecule has 52 heavy (non-hydrogen) atoms. The van der Waals surface area contributed by atoms with E-state index in [4.69, 9.17) is 20.3 Å². The molecule has 2 heterocycles. The molecule has 2 aromatic heterocycles. The Morgan fingerprint density at radius 3 is 1.54 bits per heavy atom. The van der Waals surface area contributed by atoms with Gasteiger partial charge in [0.25, 0.3) is 11.8 Å². The Bertz CT molecular complexity index is 1840. The monoisotopic (exact) mass is 717 g/mol.